The van der Waals surface area contributed by atoms with Crippen molar-refractivity contribution in [2.24, 2.45) is 0 Å². The molecule has 2 fully saturated rings. The zero-order chi connectivity index (χ0) is 25.4. The van der Waals surface area contributed by atoms with Gasteiger partial charge in [0.1, 0.15) is 17.3 Å². The number of aromatic hydroxyl groups is 2. The molecule has 0 saturated carbocycles. The quantitative estimate of drug-likeness (QED) is 0.305. The summed E-state index contributed by atoms with van der Waals surface area (Å²) in [7, 11) is 0. The number of hydrogen-bond acceptors (Lipinski definition) is 7. The van der Waals surface area contributed by atoms with Crippen molar-refractivity contribution in [1.29, 1.82) is 0 Å². The largest absolute Gasteiger partial charge is 0.508 e. The number of carbonyl (C=O) groups is 1. The summed E-state index contributed by atoms with van der Waals surface area (Å²) in [4.78, 5) is 24.4. The average Bonchev–Trinajstić information content (AvgIpc) is 3.54. The van der Waals surface area contributed by atoms with Gasteiger partial charge in [-0.3, -0.25) is 4.79 Å². The van der Waals surface area contributed by atoms with Crippen LogP contribution in [0.4, 0.5) is 5.82 Å². The number of nitrogens with zero attached hydrogens (tertiary/aromatic N) is 3. The molecule has 2 N–H and O–H groups in total. The first-order valence-corrected chi connectivity index (χ1v) is 13.9. The van der Waals surface area contributed by atoms with Gasteiger partial charge >= 0.3 is 0 Å². The molecule has 0 aliphatic carbocycles. The summed E-state index contributed by atoms with van der Waals surface area (Å²) in [6.45, 7) is 4.48. The molecule has 0 amide bonds. The number of aromatic nitrogens is 1. The molecule has 6 rings (SSSR count). The molecule has 4 aromatic rings. The molecular formula is C30H31N3O3S. The molecule has 0 radical (unpaired) electrons. The number of anilines is 1. The molecule has 37 heavy (non-hydrogen) atoms. The number of piperidine rings is 1. The number of carbonyl (C=O) groups excluding carboxylic acids is 1. The number of rotatable bonds is 6. The minimum atomic E-state index is -0.0923. The molecule has 0 bridgehead atoms. The number of fused-ring (bicyclic) bond motifs is 1. The Bertz CT molecular complexity index is 1410. The van der Waals surface area contributed by atoms with E-state index in [4.69, 9.17) is 4.98 Å². The van der Waals surface area contributed by atoms with Crippen LogP contribution in [0, 0.1) is 0 Å². The van der Waals surface area contributed by atoms with Gasteiger partial charge < -0.3 is 20.0 Å². The topological polar surface area (TPSA) is 76.9 Å². The Morgan fingerprint density at radius 2 is 1.70 bits per heavy atom. The molecule has 0 spiro atoms. The first-order chi connectivity index (χ1) is 18.1. The molecule has 190 valence electrons. The van der Waals surface area contributed by atoms with Gasteiger partial charge in [0, 0.05) is 51.4 Å². The highest BCUT2D eigenvalue weighted by atomic mass is 32.1. The molecule has 7 heteroatoms. The number of phenols is 2. The highest BCUT2D eigenvalue weighted by Crippen LogP contribution is 2.41. The first kappa shape index (κ1) is 23.9. The number of pyridine rings is 1. The molecule has 1 unspecified atom stereocenters. The van der Waals surface area contributed by atoms with E-state index >= 15 is 0 Å². The highest BCUT2D eigenvalue weighted by molar-refractivity contribution is 7.22. The minimum absolute atomic E-state index is 0.0923. The van der Waals surface area contributed by atoms with E-state index in [9.17, 15) is 15.0 Å². The van der Waals surface area contributed by atoms with Crippen LogP contribution < -0.4 is 4.90 Å². The summed E-state index contributed by atoms with van der Waals surface area (Å²) in [5, 5.41) is 20.6. The van der Waals surface area contributed by atoms with Crippen molar-refractivity contribution in [3.05, 3.63) is 71.9 Å². The standard InChI is InChI=1S/C30H31N3O3S/c34-23-9-6-20(7-10-23)30-28(25-12-11-24(35)17-26(25)37-30)29(36)21-8-13-27(31-18-21)33-16-4-5-22(33)19-32-14-2-1-3-15-32/h6-13,17-18,22,34-35H,1-5,14-16,19H2. The molecule has 2 aliphatic heterocycles. The minimum Gasteiger partial charge on any atom is -0.508 e. The maximum Gasteiger partial charge on any atom is 0.196 e. The number of likely N-dealkylation sites (tertiary alicyclic amines) is 1. The summed E-state index contributed by atoms with van der Waals surface area (Å²) in [5.74, 6) is 1.19. The normalized spacial score (nSPS) is 18.5. The third-order valence-corrected chi connectivity index (χ3v) is 8.83. The van der Waals surface area contributed by atoms with Gasteiger partial charge in [-0.05, 0) is 98.9 Å². The third-order valence-electron chi connectivity index (χ3n) is 7.63. The molecule has 2 aromatic heterocycles. The zero-order valence-corrected chi connectivity index (χ0v) is 21.6. The van der Waals surface area contributed by atoms with Crippen LogP contribution in [-0.2, 0) is 0 Å². The van der Waals surface area contributed by atoms with E-state index in [1.54, 1.807) is 36.5 Å². The van der Waals surface area contributed by atoms with Crippen molar-refractivity contribution < 1.29 is 15.0 Å². The lowest BCUT2D eigenvalue weighted by Gasteiger charge is -2.33. The predicted molar refractivity (Wildman–Crippen MR) is 149 cm³/mol. The summed E-state index contributed by atoms with van der Waals surface area (Å²) in [5.41, 5.74) is 2.00. The fourth-order valence-corrected chi connectivity index (χ4v) is 6.97. The second kappa shape index (κ2) is 10.1. The summed E-state index contributed by atoms with van der Waals surface area (Å²) in [6, 6.07) is 16.3. The maximum absolute atomic E-state index is 13.9. The van der Waals surface area contributed by atoms with Gasteiger partial charge in [-0.25, -0.2) is 4.98 Å². The van der Waals surface area contributed by atoms with E-state index in [-0.39, 0.29) is 17.3 Å². The average molecular weight is 514 g/mol. The van der Waals surface area contributed by atoms with Crippen molar-refractivity contribution in [3.8, 4) is 21.9 Å². The smallest absolute Gasteiger partial charge is 0.196 e. The highest BCUT2D eigenvalue weighted by Gasteiger charge is 2.28. The summed E-state index contributed by atoms with van der Waals surface area (Å²) in [6.07, 6.45) is 8.00. The van der Waals surface area contributed by atoms with Crippen molar-refractivity contribution in [3.63, 3.8) is 0 Å². The van der Waals surface area contributed by atoms with Crippen LogP contribution in [0.2, 0.25) is 0 Å². The van der Waals surface area contributed by atoms with E-state index < -0.39 is 0 Å². The van der Waals surface area contributed by atoms with Crippen LogP contribution in [0.25, 0.3) is 20.5 Å². The summed E-state index contributed by atoms with van der Waals surface area (Å²) >= 11 is 1.46. The fourth-order valence-electron chi connectivity index (χ4n) is 5.73. The second-order valence-corrected chi connectivity index (χ2v) is 11.2. The van der Waals surface area contributed by atoms with Crippen LogP contribution in [0.5, 0.6) is 11.5 Å². The van der Waals surface area contributed by atoms with E-state index in [1.165, 1.54) is 56.5 Å². The van der Waals surface area contributed by atoms with Crippen molar-refractivity contribution in [2.75, 3.05) is 31.1 Å². The lowest BCUT2D eigenvalue weighted by Crippen LogP contribution is -2.42. The molecule has 4 heterocycles. The van der Waals surface area contributed by atoms with Gasteiger partial charge in [-0.1, -0.05) is 6.42 Å². The lowest BCUT2D eigenvalue weighted by molar-refractivity contribution is 0.104. The Labute approximate surface area is 220 Å². The van der Waals surface area contributed by atoms with Crippen LogP contribution >= 0.6 is 11.3 Å². The number of phenolic OH excluding ortho intramolecular Hbond substituents is 2. The van der Waals surface area contributed by atoms with Crippen molar-refractivity contribution >= 4 is 33.0 Å². The zero-order valence-electron chi connectivity index (χ0n) is 20.8. The molecular weight excluding hydrogens is 482 g/mol. The Morgan fingerprint density at radius 3 is 2.46 bits per heavy atom. The van der Waals surface area contributed by atoms with Gasteiger partial charge in [0.05, 0.1) is 0 Å². The lowest BCUT2D eigenvalue weighted by atomic mass is 9.98. The van der Waals surface area contributed by atoms with Gasteiger partial charge in [-0.15, -0.1) is 11.3 Å². The van der Waals surface area contributed by atoms with Crippen LogP contribution in [0.3, 0.4) is 0 Å². The van der Waals surface area contributed by atoms with Crippen LogP contribution in [-0.4, -0.2) is 58.1 Å². The van der Waals surface area contributed by atoms with Crippen LogP contribution in [0.1, 0.15) is 48.0 Å². The van der Waals surface area contributed by atoms with Gasteiger partial charge in [0.25, 0.3) is 0 Å². The van der Waals surface area contributed by atoms with E-state index in [0.29, 0.717) is 17.2 Å². The Kier molecular flexibility index (Phi) is 6.57. The maximum atomic E-state index is 13.9. The molecule has 6 nitrogen and oxygen atoms in total. The number of hydrogen-bond donors (Lipinski definition) is 2. The SMILES string of the molecule is O=C(c1ccc(N2CCCC2CN2CCCCC2)nc1)c1c(-c2ccc(O)cc2)sc2cc(O)ccc12. The first-order valence-electron chi connectivity index (χ1n) is 13.1. The Balaban J connectivity index is 1.30. The number of thiophene rings is 1. The van der Waals surface area contributed by atoms with Crippen LogP contribution in [0.15, 0.2) is 60.8 Å². The fraction of sp³-hybridized carbons (Fsp3) is 0.333. The number of benzene rings is 2. The van der Waals surface area contributed by atoms with Crippen molar-refractivity contribution in [2.45, 2.75) is 38.1 Å². The van der Waals surface area contributed by atoms with Gasteiger partial charge in [-0.2, -0.15) is 0 Å². The number of ketones is 1. The Morgan fingerprint density at radius 1 is 0.919 bits per heavy atom. The predicted octanol–water partition coefficient (Wildman–Crippen LogP) is 6.06. The van der Waals surface area contributed by atoms with E-state index in [1.807, 2.05) is 24.3 Å². The van der Waals surface area contributed by atoms with E-state index in [2.05, 4.69) is 9.80 Å². The van der Waals surface area contributed by atoms with E-state index in [0.717, 1.165) is 39.4 Å². The molecule has 2 aliphatic rings. The van der Waals surface area contributed by atoms with Gasteiger partial charge in [0.2, 0.25) is 0 Å². The summed E-state index contributed by atoms with van der Waals surface area (Å²) < 4.78 is 0.841. The van der Waals surface area contributed by atoms with Crippen molar-refractivity contribution in [1.82, 2.24) is 9.88 Å². The Hall–Kier alpha value is -3.42. The molecule has 1 atom stereocenters. The second-order valence-electron chi connectivity index (χ2n) is 10.1. The molecule has 2 aromatic carbocycles. The van der Waals surface area contributed by atoms with Gasteiger partial charge in [0.15, 0.2) is 5.78 Å². The molecule has 2 saturated heterocycles. The monoisotopic (exact) mass is 513 g/mol. The third kappa shape index (κ3) is 4.81.